The van der Waals surface area contributed by atoms with Crippen LogP contribution in [0.25, 0.3) is 16.3 Å². The van der Waals surface area contributed by atoms with Gasteiger partial charge in [0.05, 0.1) is 16.8 Å². The number of thiazole rings is 1. The quantitative estimate of drug-likeness (QED) is 0.579. The summed E-state index contributed by atoms with van der Waals surface area (Å²) >= 11 is 1.54. The molecule has 110 valence electrons. The number of carbonyl (C=O) groups excluding carboxylic acids is 1. The summed E-state index contributed by atoms with van der Waals surface area (Å²) in [5.74, 6) is -0.310. The number of para-hydroxylation sites is 1. The maximum Gasteiger partial charge on any atom is 0.267 e. The molecule has 0 saturated heterocycles. The Kier molecular flexibility index (Phi) is 4.58. The normalized spacial score (nSPS) is 11.1. The van der Waals surface area contributed by atoms with Crippen molar-refractivity contribution in [3.8, 4) is 0 Å². The molecule has 4 nitrogen and oxygen atoms in total. The zero-order chi connectivity index (χ0) is 15.2. The van der Waals surface area contributed by atoms with Crippen LogP contribution in [0.15, 0.2) is 60.7 Å². The summed E-state index contributed by atoms with van der Waals surface area (Å²) in [5, 5.41) is 0.791. The number of nitrogens with zero attached hydrogens (tertiary/aromatic N) is 1. The lowest BCUT2D eigenvalue weighted by atomic mass is 10.2. The van der Waals surface area contributed by atoms with Crippen molar-refractivity contribution in [1.82, 2.24) is 10.5 Å². The second-order valence-corrected chi connectivity index (χ2v) is 5.66. The van der Waals surface area contributed by atoms with Crippen molar-refractivity contribution >= 4 is 33.5 Å². The van der Waals surface area contributed by atoms with Gasteiger partial charge in [0.15, 0.2) is 0 Å². The van der Waals surface area contributed by atoms with E-state index in [4.69, 9.17) is 4.84 Å². The number of hydroxylamine groups is 1. The summed E-state index contributed by atoms with van der Waals surface area (Å²) in [6.07, 6.45) is 3.11. The van der Waals surface area contributed by atoms with Crippen LogP contribution in [0.4, 0.5) is 0 Å². The molecule has 3 aromatic rings. The van der Waals surface area contributed by atoms with Gasteiger partial charge < -0.3 is 0 Å². The molecule has 3 rings (SSSR count). The van der Waals surface area contributed by atoms with Crippen LogP contribution in [0, 0.1) is 0 Å². The molecule has 0 spiro atoms. The van der Waals surface area contributed by atoms with Gasteiger partial charge in [0, 0.05) is 6.08 Å². The largest absolute Gasteiger partial charge is 0.269 e. The van der Waals surface area contributed by atoms with E-state index in [0.29, 0.717) is 6.61 Å². The topological polar surface area (TPSA) is 51.2 Å². The first kappa shape index (κ1) is 14.4. The molecular weight excluding hydrogens is 296 g/mol. The number of rotatable bonds is 5. The molecule has 0 fully saturated rings. The summed E-state index contributed by atoms with van der Waals surface area (Å²) in [6, 6.07) is 17.5. The molecule has 1 aromatic heterocycles. The standard InChI is InChI=1S/C17H14N2O2S/c20-16(19-21-12-13-6-2-1-3-7-13)10-11-17-18-14-8-4-5-9-15(14)22-17/h1-11H,12H2,(H,19,20)/b11-10+. The molecule has 0 saturated carbocycles. The van der Waals surface area contributed by atoms with Gasteiger partial charge in [0.2, 0.25) is 0 Å². The Bertz CT molecular complexity index is 764. The molecule has 0 radical (unpaired) electrons. The van der Waals surface area contributed by atoms with E-state index in [-0.39, 0.29) is 5.91 Å². The maximum atomic E-state index is 11.7. The predicted octanol–water partition coefficient (Wildman–Crippen LogP) is 3.56. The van der Waals surface area contributed by atoms with E-state index in [1.54, 1.807) is 17.4 Å². The molecule has 0 aliphatic rings. The van der Waals surface area contributed by atoms with Crippen LogP contribution in [-0.2, 0) is 16.2 Å². The molecule has 22 heavy (non-hydrogen) atoms. The van der Waals surface area contributed by atoms with Crippen LogP contribution >= 0.6 is 11.3 Å². The minimum atomic E-state index is -0.310. The van der Waals surface area contributed by atoms with E-state index >= 15 is 0 Å². The molecule has 0 aliphatic carbocycles. The summed E-state index contributed by atoms with van der Waals surface area (Å²) in [5.41, 5.74) is 4.32. The Balaban J connectivity index is 1.52. The Morgan fingerprint density at radius 1 is 1.14 bits per heavy atom. The fourth-order valence-electron chi connectivity index (χ4n) is 1.91. The molecule has 0 bridgehead atoms. The zero-order valence-electron chi connectivity index (χ0n) is 11.7. The van der Waals surface area contributed by atoms with E-state index in [9.17, 15) is 4.79 Å². The van der Waals surface area contributed by atoms with E-state index in [2.05, 4.69) is 10.5 Å². The molecule has 1 heterocycles. The van der Waals surface area contributed by atoms with Crippen molar-refractivity contribution in [3.63, 3.8) is 0 Å². The molecular formula is C17H14N2O2S. The first-order valence-corrected chi connectivity index (χ1v) is 7.62. The molecule has 0 aliphatic heterocycles. The third kappa shape index (κ3) is 3.78. The Hall–Kier alpha value is -2.50. The highest BCUT2D eigenvalue weighted by Gasteiger charge is 2.01. The molecule has 1 N–H and O–H groups in total. The summed E-state index contributed by atoms with van der Waals surface area (Å²) in [7, 11) is 0. The number of hydrogen-bond donors (Lipinski definition) is 1. The fourth-order valence-corrected chi connectivity index (χ4v) is 2.78. The SMILES string of the molecule is O=C(/C=C/c1nc2ccccc2s1)NOCc1ccccc1. The van der Waals surface area contributed by atoms with Gasteiger partial charge in [-0.25, -0.2) is 10.5 Å². The molecule has 0 atom stereocenters. The Morgan fingerprint density at radius 2 is 1.91 bits per heavy atom. The van der Waals surface area contributed by atoms with Crippen LogP contribution < -0.4 is 5.48 Å². The lowest BCUT2D eigenvalue weighted by Gasteiger charge is -2.02. The number of fused-ring (bicyclic) bond motifs is 1. The second kappa shape index (κ2) is 6.98. The van der Waals surface area contributed by atoms with Crippen LogP contribution in [0.1, 0.15) is 10.6 Å². The second-order valence-electron chi connectivity index (χ2n) is 4.59. The maximum absolute atomic E-state index is 11.7. The van der Waals surface area contributed by atoms with Gasteiger partial charge in [0.25, 0.3) is 5.91 Å². The number of benzene rings is 2. The van der Waals surface area contributed by atoms with Crippen molar-refractivity contribution in [1.29, 1.82) is 0 Å². The Morgan fingerprint density at radius 3 is 2.73 bits per heavy atom. The zero-order valence-corrected chi connectivity index (χ0v) is 12.5. The molecule has 1 amide bonds. The highest BCUT2D eigenvalue weighted by atomic mass is 32.1. The average Bonchev–Trinajstić information content (AvgIpc) is 2.97. The van der Waals surface area contributed by atoms with Gasteiger partial charge >= 0.3 is 0 Å². The monoisotopic (exact) mass is 310 g/mol. The van der Waals surface area contributed by atoms with E-state index in [0.717, 1.165) is 20.8 Å². The summed E-state index contributed by atoms with van der Waals surface area (Å²) in [6.45, 7) is 0.335. The van der Waals surface area contributed by atoms with E-state index < -0.39 is 0 Å². The number of carbonyl (C=O) groups is 1. The summed E-state index contributed by atoms with van der Waals surface area (Å²) in [4.78, 5) is 21.3. The third-order valence-electron chi connectivity index (χ3n) is 2.94. The minimum absolute atomic E-state index is 0.310. The van der Waals surface area contributed by atoms with Crippen molar-refractivity contribution in [2.75, 3.05) is 0 Å². The van der Waals surface area contributed by atoms with E-state index in [1.165, 1.54) is 6.08 Å². The number of hydrogen-bond acceptors (Lipinski definition) is 4. The van der Waals surface area contributed by atoms with E-state index in [1.807, 2.05) is 54.6 Å². The highest BCUT2D eigenvalue weighted by molar-refractivity contribution is 7.19. The van der Waals surface area contributed by atoms with Crippen LogP contribution in [0.3, 0.4) is 0 Å². The average molecular weight is 310 g/mol. The first-order valence-electron chi connectivity index (χ1n) is 6.80. The van der Waals surface area contributed by atoms with Gasteiger partial charge in [-0.05, 0) is 23.8 Å². The fraction of sp³-hybridized carbons (Fsp3) is 0.0588. The van der Waals surface area contributed by atoms with Crippen LogP contribution in [0.5, 0.6) is 0 Å². The van der Waals surface area contributed by atoms with Crippen molar-refractivity contribution in [2.24, 2.45) is 0 Å². The van der Waals surface area contributed by atoms with Crippen molar-refractivity contribution in [3.05, 3.63) is 71.2 Å². The minimum Gasteiger partial charge on any atom is -0.269 e. The van der Waals surface area contributed by atoms with Crippen LogP contribution in [-0.4, -0.2) is 10.9 Å². The molecule has 5 heteroatoms. The third-order valence-corrected chi connectivity index (χ3v) is 3.94. The van der Waals surface area contributed by atoms with Gasteiger partial charge in [-0.3, -0.25) is 9.63 Å². The molecule has 0 unspecified atom stereocenters. The smallest absolute Gasteiger partial charge is 0.267 e. The van der Waals surface area contributed by atoms with Gasteiger partial charge in [0.1, 0.15) is 5.01 Å². The van der Waals surface area contributed by atoms with Crippen molar-refractivity contribution in [2.45, 2.75) is 6.61 Å². The number of nitrogens with one attached hydrogen (secondary N) is 1. The van der Waals surface area contributed by atoms with Crippen molar-refractivity contribution < 1.29 is 9.63 Å². The first-order chi connectivity index (χ1) is 10.8. The van der Waals surface area contributed by atoms with Gasteiger partial charge in [-0.2, -0.15) is 0 Å². The van der Waals surface area contributed by atoms with Gasteiger partial charge in [-0.15, -0.1) is 11.3 Å². The number of aromatic nitrogens is 1. The lowest BCUT2D eigenvalue weighted by molar-refractivity contribution is -0.129. The highest BCUT2D eigenvalue weighted by Crippen LogP contribution is 2.22. The number of amides is 1. The predicted molar refractivity (Wildman–Crippen MR) is 88.0 cm³/mol. The van der Waals surface area contributed by atoms with Gasteiger partial charge in [-0.1, -0.05) is 42.5 Å². The Labute approximate surface area is 132 Å². The van der Waals surface area contributed by atoms with Crippen LogP contribution in [0.2, 0.25) is 0 Å². The summed E-state index contributed by atoms with van der Waals surface area (Å²) < 4.78 is 1.10. The lowest BCUT2D eigenvalue weighted by Crippen LogP contribution is -2.21. The molecule has 2 aromatic carbocycles.